The molecule has 14 nitrogen and oxygen atoms in total. The third kappa shape index (κ3) is 32.2. The second-order valence-corrected chi connectivity index (χ2v) is 22.6. The molecule has 440 valence electrons. The lowest BCUT2D eigenvalue weighted by Crippen LogP contribution is -2.65. The largest absolute Gasteiger partial charge is 0.394 e. The molecule has 2 aliphatic rings. The highest BCUT2D eigenvalue weighted by atomic mass is 16.7. The molecular weight excluding hydrogens is 943 g/mol. The Bertz CT molecular complexity index is 1250. The fourth-order valence-corrected chi connectivity index (χ4v) is 10.8. The first-order valence-corrected chi connectivity index (χ1v) is 31.3. The molecule has 0 radical (unpaired) electrons. The van der Waals surface area contributed by atoms with Crippen molar-refractivity contribution in [2.75, 3.05) is 19.8 Å². The van der Waals surface area contributed by atoms with Crippen LogP contribution >= 0.6 is 0 Å². The minimum absolute atomic E-state index is 0.202. The summed E-state index contributed by atoms with van der Waals surface area (Å²) in [4.78, 5) is 13.2. The molecule has 12 atom stereocenters. The fraction of sp³-hybridized carbons (Fsp3) is 0.983. The molecule has 0 aromatic carbocycles. The van der Waals surface area contributed by atoms with Crippen LogP contribution in [0.3, 0.4) is 0 Å². The smallest absolute Gasteiger partial charge is 0.220 e. The van der Waals surface area contributed by atoms with Crippen LogP contribution < -0.4 is 5.32 Å². The van der Waals surface area contributed by atoms with E-state index in [1.165, 1.54) is 205 Å². The molecule has 4 unspecified atom stereocenters. The Morgan fingerprint density at radius 3 is 1.15 bits per heavy atom. The molecule has 0 aromatic rings. The summed E-state index contributed by atoms with van der Waals surface area (Å²) in [5, 5.41) is 87.0. The molecule has 2 rings (SSSR count). The van der Waals surface area contributed by atoms with Crippen molar-refractivity contribution >= 4 is 5.91 Å². The van der Waals surface area contributed by atoms with E-state index in [4.69, 9.17) is 18.9 Å². The molecule has 0 aromatic heterocycles. The zero-order chi connectivity index (χ0) is 53.9. The van der Waals surface area contributed by atoms with Gasteiger partial charge in [-0.2, -0.15) is 0 Å². The lowest BCUT2D eigenvalue weighted by molar-refractivity contribution is -0.359. The van der Waals surface area contributed by atoms with Crippen LogP contribution in [0.1, 0.15) is 284 Å². The molecule has 14 heteroatoms. The zero-order valence-electron chi connectivity index (χ0n) is 47.4. The molecule has 1 amide bonds. The number of nitrogens with one attached hydrogen (secondary N) is 1. The second-order valence-electron chi connectivity index (χ2n) is 22.6. The van der Waals surface area contributed by atoms with Gasteiger partial charge < -0.3 is 65.1 Å². The number of aliphatic hydroxyl groups is 8. The predicted octanol–water partition coefficient (Wildman–Crippen LogP) is 10.9. The van der Waals surface area contributed by atoms with Crippen LogP contribution in [0.5, 0.6) is 0 Å². The van der Waals surface area contributed by atoms with Crippen LogP contribution in [0.15, 0.2) is 0 Å². The molecule has 9 N–H and O–H groups in total. The van der Waals surface area contributed by atoms with Crippen molar-refractivity contribution in [1.82, 2.24) is 5.32 Å². The van der Waals surface area contributed by atoms with Gasteiger partial charge in [0.05, 0.1) is 32.0 Å². The van der Waals surface area contributed by atoms with Crippen LogP contribution in [-0.2, 0) is 23.7 Å². The molecule has 2 heterocycles. The minimum atomic E-state index is -1.78. The molecule has 0 saturated carbocycles. The van der Waals surface area contributed by atoms with Crippen molar-refractivity contribution in [2.24, 2.45) is 0 Å². The van der Waals surface area contributed by atoms with E-state index in [1.54, 1.807) is 0 Å². The molecule has 2 saturated heterocycles. The lowest BCUT2D eigenvalue weighted by Gasteiger charge is -2.46. The van der Waals surface area contributed by atoms with Gasteiger partial charge in [-0.25, -0.2) is 0 Å². The number of hydrogen-bond acceptors (Lipinski definition) is 13. The molecule has 0 bridgehead atoms. The Labute approximate surface area is 451 Å². The number of carbonyl (C=O) groups excluding carboxylic acids is 1. The Morgan fingerprint density at radius 2 is 0.770 bits per heavy atom. The first-order valence-electron chi connectivity index (χ1n) is 31.3. The molecule has 0 aliphatic carbocycles. The van der Waals surface area contributed by atoms with Crippen LogP contribution in [-0.4, -0.2) is 140 Å². The van der Waals surface area contributed by atoms with Gasteiger partial charge in [0.15, 0.2) is 12.6 Å². The van der Waals surface area contributed by atoms with E-state index in [1.807, 2.05) is 0 Å². The monoisotopic (exact) mass is 1060 g/mol. The normalized spacial score (nSPS) is 25.1. The highest BCUT2D eigenvalue weighted by Gasteiger charge is 2.51. The topological polar surface area (TPSA) is 228 Å². The summed E-state index contributed by atoms with van der Waals surface area (Å²) in [6, 6.07) is -0.821. The number of amides is 1. The van der Waals surface area contributed by atoms with Crippen LogP contribution in [0.25, 0.3) is 0 Å². The van der Waals surface area contributed by atoms with Gasteiger partial charge in [-0.1, -0.05) is 264 Å². The van der Waals surface area contributed by atoms with Gasteiger partial charge in [0.25, 0.3) is 0 Å². The quantitative estimate of drug-likeness (QED) is 0.0259. The molecule has 0 spiro atoms. The van der Waals surface area contributed by atoms with Crippen molar-refractivity contribution in [3.8, 4) is 0 Å². The van der Waals surface area contributed by atoms with Gasteiger partial charge in [-0.15, -0.1) is 0 Å². The van der Waals surface area contributed by atoms with Gasteiger partial charge in [0, 0.05) is 6.42 Å². The Kier molecular flexibility index (Phi) is 43.8. The average Bonchev–Trinajstić information content (AvgIpc) is 3.40. The summed E-state index contributed by atoms with van der Waals surface area (Å²) in [5.74, 6) is -0.202. The zero-order valence-corrected chi connectivity index (χ0v) is 47.4. The molecule has 74 heavy (non-hydrogen) atoms. The van der Waals surface area contributed by atoms with Crippen molar-refractivity contribution in [2.45, 2.75) is 357 Å². The maximum atomic E-state index is 13.2. The van der Waals surface area contributed by atoms with E-state index in [2.05, 4.69) is 19.2 Å². The van der Waals surface area contributed by atoms with E-state index in [-0.39, 0.29) is 12.5 Å². The first kappa shape index (κ1) is 69.1. The van der Waals surface area contributed by atoms with Gasteiger partial charge >= 0.3 is 0 Å². The standard InChI is InChI=1S/C60H117NO13/c1-3-5-7-9-11-13-14-15-16-17-18-19-20-21-22-23-24-25-26-27-28-29-30-31-32-33-34-36-38-40-42-44-52(65)61-48(49(64)43-41-39-37-35-12-10-8-6-4-2)47-71-59-57(70)55(68)58(51(46-63)73-59)74-60-56(69)54(67)53(66)50(45-62)72-60/h48-51,53-60,62-64,66-70H,3-47H2,1-2H3,(H,61,65)/t48-,49+,50+,51+,53-,54?,55?,56?,57?,58+,59+,60-/m0/s1. The third-order valence-corrected chi connectivity index (χ3v) is 15.8. The Hall–Kier alpha value is -1.01. The van der Waals surface area contributed by atoms with Crippen molar-refractivity contribution in [3.05, 3.63) is 0 Å². The van der Waals surface area contributed by atoms with Crippen molar-refractivity contribution in [1.29, 1.82) is 0 Å². The number of aliphatic hydroxyl groups excluding tert-OH is 8. The van der Waals surface area contributed by atoms with Gasteiger partial charge in [-0.3, -0.25) is 4.79 Å². The summed E-state index contributed by atoms with van der Waals surface area (Å²) >= 11 is 0. The van der Waals surface area contributed by atoms with E-state index in [9.17, 15) is 45.6 Å². The second kappa shape index (κ2) is 46.9. The summed E-state index contributed by atoms with van der Waals surface area (Å²) < 4.78 is 22.8. The highest BCUT2D eigenvalue weighted by Crippen LogP contribution is 2.30. The maximum absolute atomic E-state index is 13.2. The van der Waals surface area contributed by atoms with E-state index >= 15 is 0 Å². The van der Waals surface area contributed by atoms with Crippen molar-refractivity contribution in [3.63, 3.8) is 0 Å². The Morgan fingerprint density at radius 1 is 0.432 bits per heavy atom. The summed E-state index contributed by atoms with van der Waals surface area (Å²) in [7, 11) is 0. The number of carbonyl (C=O) groups is 1. The van der Waals surface area contributed by atoms with Gasteiger partial charge in [0.1, 0.15) is 48.8 Å². The van der Waals surface area contributed by atoms with Crippen LogP contribution in [0.4, 0.5) is 0 Å². The maximum Gasteiger partial charge on any atom is 0.220 e. The highest BCUT2D eigenvalue weighted by molar-refractivity contribution is 5.76. The molecule has 2 fully saturated rings. The Balaban J connectivity index is 1.58. The number of rotatable bonds is 51. The lowest BCUT2D eigenvalue weighted by atomic mass is 9.97. The summed E-state index contributed by atoms with van der Waals surface area (Å²) in [5.41, 5.74) is 0. The molecule has 2 aliphatic heterocycles. The summed E-state index contributed by atoms with van der Waals surface area (Å²) in [6.45, 7) is 2.86. The number of hydrogen-bond donors (Lipinski definition) is 9. The van der Waals surface area contributed by atoms with Crippen LogP contribution in [0.2, 0.25) is 0 Å². The minimum Gasteiger partial charge on any atom is -0.394 e. The van der Waals surface area contributed by atoms with E-state index < -0.39 is 86.8 Å². The average molecular weight is 1060 g/mol. The predicted molar refractivity (Wildman–Crippen MR) is 296 cm³/mol. The van der Waals surface area contributed by atoms with E-state index in [0.717, 1.165) is 51.4 Å². The van der Waals surface area contributed by atoms with E-state index in [0.29, 0.717) is 12.8 Å². The van der Waals surface area contributed by atoms with Gasteiger partial charge in [0.2, 0.25) is 5.91 Å². The van der Waals surface area contributed by atoms with Crippen molar-refractivity contribution < 1.29 is 64.6 Å². The number of ether oxygens (including phenoxy) is 4. The molecular formula is C60H117NO13. The fourth-order valence-electron chi connectivity index (χ4n) is 10.8. The SMILES string of the molecule is CCCCCCCCCCCCCCCCCCCCCCCCCCCCCCCCCC(=O)N[C@@H](CO[C@@H]1O[C@H](CO)[C@@H](O[C@@H]2O[C@H](CO)[C@H](O)C(O)C2O)C(O)C1O)[C@H](O)CCCCCCCCCCC. The first-order chi connectivity index (χ1) is 36.1. The number of unbranched alkanes of at least 4 members (excludes halogenated alkanes) is 38. The third-order valence-electron chi connectivity index (χ3n) is 15.8. The van der Waals surface area contributed by atoms with Crippen LogP contribution in [0, 0.1) is 0 Å². The van der Waals surface area contributed by atoms with Gasteiger partial charge in [-0.05, 0) is 12.8 Å². The summed E-state index contributed by atoms with van der Waals surface area (Å²) in [6.07, 6.45) is 35.8.